The molecule has 0 aromatic heterocycles. The van der Waals surface area contributed by atoms with E-state index in [4.69, 9.17) is 32.7 Å². The monoisotopic (exact) mass is 606 g/mol. The Morgan fingerprint density at radius 2 is 1.95 bits per heavy atom. The molecule has 0 bridgehead atoms. The number of nitrogens with one attached hydrogen (secondary N) is 1. The summed E-state index contributed by atoms with van der Waals surface area (Å²) in [5.74, 6) is -3.29. The fraction of sp³-hybridized carbons (Fsp3) is 0.562. The van der Waals surface area contributed by atoms with Crippen LogP contribution in [-0.2, 0) is 19.7 Å². The Hall–Kier alpha value is -2.08. The Bertz CT molecular complexity index is 1330. The summed E-state index contributed by atoms with van der Waals surface area (Å²) in [6, 6.07) is 9.48. The van der Waals surface area contributed by atoms with E-state index >= 15 is 8.78 Å². The second-order valence-corrected chi connectivity index (χ2v) is 13.3. The van der Waals surface area contributed by atoms with Crippen LogP contribution in [0.4, 0.5) is 8.78 Å². The van der Waals surface area contributed by atoms with E-state index in [0.29, 0.717) is 25.9 Å². The third-order valence-corrected chi connectivity index (χ3v) is 9.24. The summed E-state index contributed by atoms with van der Waals surface area (Å²) >= 11 is 12.3. The lowest BCUT2D eigenvalue weighted by Crippen LogP contribution is -2.45. The van der Waals surface area contributed by atoms with Gasteiger partial charge < -0.3 is 14.8 Å². The minimum absolute atomic E-state index is 0.0761. The fourth-order valence-corrected chi connectivity index (χ4v) is 6.60. The molecule has 0 amide bonds. The van der Waals surface area contributed by atoms with Crippen LogP contribution < -0.4 is 5.32 Å². The average Bonchev–Trinajstić information content (AvgIpc) is 3.42. The second-order valence-electron chi connectivity index (χ2n) is 12.5. The number of nitriles is 1. The van der Waals surface area contributed by atoms with Crippen LogP contribution in [0.5, 0.6) is 0 Å². The number of hydrogen-bond donors (Lipinski definition) is 1. The molecule has 2 aromatic rings. The van der Waals surface area contributed by atoms with Crippen LogP contribution in [0.15, 0.2) is 36.4 Å². The highest BCUT2D eigenvalue weighted by Gasteiger charge is 2.61. The van der Waals surface area contributed by atoms with E-state index in [1.165, 1.54) is 24.3 Å². The number of ketones is 1. The zero-order chi connectivity index (χ0) is 30.2. The highest BCUT2D eigenvalue weighted by atomic mass is 35.5. The van der Waals surface area contributed by atoms with Crippen LogP contribution in [0.1, 0.15) is 83.8 Å². The van der Waals surface area contributed by atoms with E-state index in [2.05, 4.69) is 25.2 Å². The lowest BCUT2D eigenvalue weighted by atomic mass is 9.62. The number of carbonyl (C=O) groups is 1. The molecule has 0 unspecified atom stereocenters. The molecule has 5 nitrogen and oxygen atoms in total. The van der Waals surface area contributed by atoms with Crippen molar-refractivity contribution >= 4 is 29.0 Å². The molecule has 2 saturated heterocycles. The van der Waals surface area contributed by atoms with Gasteiger partial charge in [-0.25, -0.2) is 8.78 Å². The minimum Gasteiger partial charge on any atom is -0.348 e. The molecular weight excluding hydrogens is 569 g/mol. The summed E-state index contributed by atoms with van der Waals surface area (Å²) in [5, 5.41) is 14.4. The zero-order valence-corrected chi connectivity index (χ0v) is 25.7. The first-order valence-electron chi connectivity index (χ1n) is 14.2. The van der Waals surface area contributed by atoms with E-state index in [1.54, 1.807) is 6.07 Å². The first-order valence-corrected chi connectivity index (χ1v) is 14.9. The van der Waals surface area contributed by atoms with Gasteiger partial charge in [0, 0.05) is 29.0 Å². The molecule has 2 aromatic carbocycles. The van der Waals surface area contributed by atoms with Gasteiger partial charge in [0.1, 0.15) is 22.8 Å². The molecule has 222 valence electrons. The van der Waals surface area contributed by atoms with Crippen molar-refractivity contribution in [2.45, 2.75) is 102 Å². The van der Waals surface area contributed by atoms with E-state index in [0.717, 1.165) is 12.5 Å². The van der Waals surface area contributed by atoms with Gasteiger partial charge in [0.05, 0.1) is 29.8 Å². The highest BCUT2D eigenvalue weighted by Crippen LogP contribution is 2.53. The third kappa shape index (κ3) is 6.48. The van der Waals surface area contributed by atoms with Crippen molar-refractivity contribution in [3.8, 4) is 6.07 Å². The molecule has 0 aliphatic carbocycles. The quantitative estimate of drug-likeness (QED) is 0.298. The zero-order valence-electron chi connectivity index (χ0n) is 24.2. The molecule has 2 aliphatic heterocycles. The number of halogens is 4. The van der Waals surface area contributed by atoms with Crippen LogP contribution in [0.3, 0.4) is 0 Å². The number of benzene rings is 2. The smallest absolute Gasteiger partial charge is 0.163 e. The number of carbonyl (C=O) groups excluding carboxylic acids is 1. The first-order chi connectivity index (χ1) is 19.2. The normalized spacial score (nSPS) is 27.6. The Kier molecular flexibility index (Phi) is 9.53. The van der Waals surface area contributed by atoms with Crippen LogP contribution in [0.25, 0.3) is 0 Å². The molecule has 2 aliphatic rings. The van der Waals surface area contributed by atoms with Gasteiger partial charge in [-0.1, -0.05) is 68.6 Å². The maximum atomic E-state index is 15.8. The lowest BCUT2D eigenvalue weighted by Gasteiger charge is -2.38. The van der Waals surface area contributed by atoms with Crippen molar-refractivity contribution in [2.24, 2.45) is 5.41 Å². The summed E-state index contributed by atoms with van der Waals surface area (Å²) in [5.41, 5.74) is -1.71. The van der Waals surface area contributed by atoms with Crippen molar-refractivity contribution in [1.82, 2.24) is 5.32 Å². The lowest BCUT2D eigenvalue weighted by molar-refractivity contribution is -0.139. The Balaban J connectivity index is 1.80. The molecular formula is C32H38Cl2F2N2O3. The fourth-order valence-electron chi connectivity index (χ4n) is 6.26. The summed E-state index contributed by atoms with van der Waals surface area (Å²) in [6.45, 7) is 10.3. The second kappa shape index (κ2) is 12.3. The molecule has 1 N–H and O–H groups in total. The van der Waals surface area contributed by atoms with Gasteiger partial charge in [-0.2, -0.15) is 5.26 Å². The number of rotatable bonds is 10. The molecule has 5 atom stereocenters. The van der Waals surface area contributed by atoms with Gasteiger partial charge in [0.2, 0.25) is 0 Å². The van der Waals surface area contributed by atoms with Crippen LogP contribution >= 0.6 is 23.2 Å². The largest absolute Gasteiger partial charge is 0.348 e. The third-order valence-electron chi connectivity index (χ3n) is 8.71. The Morgan fingerprint density at radius 3 is 2.56 bits per heavy atom. The number of ether oxygens (including phenoxy) is 2. The summed E-state index contributed by atoms with van der Waals surface area (Å²) in [6.07, 6.45) is 2.40. The molecule has 0 radical (unpaired) electrons. The summed E-state index contributed by atoms with van der Waals surface area (Å²) in [4.78, 5) is 14.0. The van der Waals surface area contributed by atoms with Gasteiger partial charge in [0.25, 0.3) is 0 Å². The number of hydrogen-bond acceptors (Lipinski definition) is 5. The van der Waals surface area contributed by atoms with Crippen molar-refractivity contribution in [3.63, 3.8) is 0 Å². The maximum Gasteiger partial charge on any atom is 0.163 e. The van der Waals surface area contributed by atoms with Gasteiger partial charge in [-0.3, -0.25) is 4.79 Å². The van der Waals surface area contributed by atoms with Crippen LogP contribution in [0, 0.1) is 28.4 Å². The topological polar surface area (TPSA) is 71.3 Å². The van der Waals surface area contributed by atoms with Crippen molar-refractivity contribution < 1.29 is 23.0 Å². The van der Waals surface area contributed by atoms with E-state index in [9.17, 15) is 10.1 Å². The Labute approximate surface area is 251 Å². The van der Waals surface area contributed by atoms with E-state index < -0.39 is 40.8 Å². The molecule has 2 heterocycles. The first kappa shape index (κ1) is 31.8. The molecule has 4 rings (SSSR count). The van der Waals surface area contributed by atoms with Gasteiger partial charge >= 0.3 is 0 Å². The molecule has 2 fully saturated rings. The molecule has 41 heavy (non-hydrogen) atoms. The standard InChI is InChI=1S/C32H38Cl2F2N2O3/c1-6-30(2,3)16-26-32(18-37,22-14-13-19(33)15-24(22)35)27(21-10-8-11-23(34)28(21)36)29(38-26)25(39)12-7-9-20-17-40-31(4,5)41-20/h8,10-11,13-15,20,26-27,29,38H,6-7,9,12,16-17H2,1-5H3/t20-,26-,27-,29-,32-/m0/s1. The van der Waals surface area contributed by atoms with Gasteiger partial charge in [-0.15, -0.1) is 0 Å². The summed E-state index contributed by atoms with van der Waals surface area (Å²) in [7, 11) is 0. The van der Waals surface area contributed by atoms with Gasteiger partial charge in [-0.05, 0) is 62.3 Å². The van der Waals surface area contributed by atoms with Crippen molar-refractivity contribution in [3.05, 3.63) is 69.2 Å². The highest BCUT2D eigenvalue weighted by molar-refractivity contribution is 6.31. The van der Waals surface area contributed by atoms with Crippen molar-refractivity contribution in [1.29, 1.82) is 5.26 Å². The SMILES string of the molecule is CCC(C)(C)C[C@@H]1N[C@@H](C(=O)CCC[C@H]2COC(C)(C)O2)[C@H](c2cccc(Cl)c2F)[C@@]1(C#N)c1ccc(Cl)cc1F. The van der Waals surface area contributed by atoms with Crippen molar-refractivity contribution in [2.75, 3.05) is 6.61 Å². The molecule has 0 saturated carbocycles. The average molecular weight is 608 g/mol. The summed E-state index contributed by atoms with van der Waals surface area (Å²) < 4.78 is 43.1. The minimum atomic E-state index is -1.63. The predicted molar refractivity (Wildman–Crippen MR) is 156 cm³/mol. The number of Topliss-reactive ketones (excluding diaryl/α,β-unsaturated/α-hetero) is 1. The number of nitrogens with zero attached hydrogens (tertiary/aromatic N) is 1. The van der Waals surface area contributed by atoms with E-state index in [1.807, 2.05) is 20.8 Å². The molecule has 0 spiro atoms. The van der Waals surface area contributed by atoms with Crippen LogP contribution in [-0.4, -0.2) is 36.4 Å². The maximum absolute atomic E-state index is 15.8. The predicted octanol–water partition coefficient (Wildman–Crippen LogP) is 7.87. The van der Waals surface area contributed by atoms with Crippen LogP contribution in [0.2, 0.25) is 10.0 Å². The van der Waals surface area contributed by atoms with E-state index in [-0.39, 0.29) is 44.9 Å². The molecule has 9 heteroatoms. The van der Waals surface area contributed by atoms with Gasteiger partial charge in [0.15, 0.2) is 5.79 Å². The Morgan fingerprint density at radius 1 is 1.22 bits per heavy atom.